The Bertz CT molecular complexity index is 994. The van der Waals surface area contributed by atoms with Gasteiger partial charge in [-0.3, -0.25) is 19.3 Å². The van der Waals surface area contributed by atoms with E-state index in [1.54, 1.807) is 7.05 Å². The van der Waals surface area contributed by atoms with Crippen LogP contribution in [0.4, 0.5) is 0 Å². The van der Waals surface area contributed by atoms with Crippen molar-refractivity contribution in [2.45, 2.75) is 6.61 Å². The molecule has 1 fully saturated rings. The van der Waals surface area contributed by atoms with Crippen LogP contribution >= 0.6 is 24.0 Å². The molecule has 2 amide bonds. The second-order valence-electron chi connectivity index (χ2n) is 6.42. The average molecular weight is 447 g/mol. The summed E-state index contributed by atoms with van der Waals surface area (Å²) in [5, 5.41) is 5.64. The van der Waals surface area contributed by atoms with Crippen LogP contribution in [-0.2, 0) is 6.61 Å². The Morgan fingerprint density at radius 1 is 1.17 bits per heavy atom. The maximum absolute atomic E-state index is 13.1. The fourth-order valence-corrected chi connectivity index (χ4v) is 4.01. The maximum Gasteiger partial charge on any atom is 0.296 e. The van der Waals surface area contributed by atoms with Gasteiger partial charge in [0.15, 0.2) is 0 Å². The standard InChI is InChI=1S/C20H22N4O4S2/c1-21-9-10-22-17(25)16-8-7-15(18(26)23-11-12-30-20(23)29)19(27)24(16)28-13-14-5-3-2-4-6-14/h2-8,21H,9-13H2,1H3,(H,22,25). The molecule has 0 spiro atoms. The molecule has 2 heterocycles. The van der Waals surface area contributed by atoms with Gasteiger partial charge in [-0.05, 0) is 24.7 Å². The molecule has 1 saturated heterocycles. The number of likely N-dealkylation sites (N-methyl/N-ethyl adjacent to an activating group) is 1. The van der Waals surface area contributed by atoms with E-state index >= 15 is 0 Å². The molecule has 2 aromatic rings. The van der Waals surface area contributed by atoms with Crippen LogP contribution in [0.5, 0.6) is 0 Å². The summed E-state index contributed by atoms with van der Waals surface area (Å²) in [6.07, 6.45) is 0. The van der Waals surface area contributed by atoms with Crippen LogP contribution in [0.1, 0.15) is 26.4 Å². The lowest BCUT2D eigenvalue weighted by molar-refractivity contribution is 0.0688. The predicted octanol–water partition coefficient (Wildman–Crippen LogP) is 0.900. The summed E-state index contributed by atoms with van der Waals surface area (Å²) in [7, 11) is 1.77. The highest BCUT2D eigenvalue weighted by Gasteiger charge is 2.28. The van der Waals surface area contributed by atoms with Gasteiger partial charge in [0.25, 0.3) is 17.4 Å². The third-order valence-corrected chi connectivity index (χ3v) is 5.80. The van der Waals surface area contributed by atoms with Crippen molar-refractivity contribution in [3.63, 3.8) is 0 Å². The number of pyridine rings is 1. The first kappa shape index (κ1) is 22.0. The Morgan fingerprint density at radius 3 is 2.60 bits per heavy atom. The van der Waals surface area contributed by atoms with E-state index in [2.05, 4.69) is 10.6 Å². The summed E-state index contributed by atoms with van der Waals surface area (Å²) in [4.78, 5) is 45.6. The summed E-state index contributed by atoms with van der Waals surface area (Å²) in [5.41, 5.74) is 0.0401. The zero-order chi connectivity index (χ0) is 21.5. The number of amides is 2. The fourth-order valence-electron chi connectivity index (χ4n) is 2.81. The van der Waals surface area contributed by atoms with E-state index in [4.69, 9.17) is 17.1 Å². The van der Waals surface area contributed by atoms with E-state index in [9.17, 15) is 14.4 Å². The predicted molar refractivity (Wildman–Crippen MR) is 120 cm³/mol. The number of hydrogen-bond acceptors (Lipinski definition) is 7. The second-order valence-corrected chi connectivity index (χ2v) is 8.15. The third-order valence-electron chi connectivity index (χ3n) is 4.37. The van der Waals surface area contributed by atoms with Gasteiger partial charge in [0.05, 0.1) is 0 Å². The van der Waals surface area contributed by atoms with Crippen LogP contribution in [-0.4, -0.2) is 58.2 Å². The Labute approximate surface area is 183 Å². The van der Waals surface area contributed by atoms with Crippen LogP contribution in [0.25, 0.3) is 0 Å². The zero-order valence-electron chi connectivity index (χ0n) is 16.4. The summed E-state index contributed by atoms with van der Waals surface area (Å²) in [6, 6.07) is 12.0. The van der Waals surface area contributed by atoms with Gasteiger partial charge in [0, 0.05) is 25.4 Å². The Kier molecular flexibility index (Phi) is 7.61. The summed E-state index contributed by atoms with van der Waals surface area (Å²) < 4.78 is 1.33. The van der Waals surface area contributed by atoms with Crippen molar-refractivity contribution < 1.29 is 14.4 Å². The minimum atomic E-state index is -0.697. The molecule has 1 aromatic carbocycles. The highest BCUT2D eigenvalue weighted by Crippen LogP contribution is 2.19. The van der Waals surface area contributed by atoms with Crippen LogP contribution < -0.4 is 21.0 Å². The smallest absolute Gasteiger partial charge is 0.296 e. The van der Waals surface area contributed by atoms with Crippen molar-refractivity contribution in [3.8, 4) is 0 Å². The van der Waals surface area contributed by atoms with Gasteiger partial charge in [0.1, 0.15) is 22.2 Å². The minimum absolute atomic E-state index is 0.0157. The maximum atomic E-state index is 13.1. The van der Waals surface area contributed by atoms with Crippen LogP contribution in [0.2, 0.25) is 0 Å². The molecule has 158 valence electrons. The summed E-state index contributed by atoms with van der Waals surface area (Å²) >= 11 is 6.58. The number of aromatic nitrogens is 1. The van der Waals surface area contributed by atoms with Gasteiger partial charge in [-0.25, -0.2) is 0 Å². The summed E-state index contributed by atoms with van der Waals surface area (Å²) in [6.45, 7) is 1.45. The molecule has 30 heavy (non-hydrogen) atoms. The zero-order valence-corrected chi connectivity index (χ0v) is 18.1. The van der Waals surface area contributed by atoms with Crippen LogP contribution in [0.15, 0.2) is 47.3 Å². The number of hydrogen-bond donors (Lipinski definition) is 2. The van der Waals surface area contributed by atoms with Crippen molar-refractivity contribution in [2.24, 2.45) is 0 Å². The minimum Gasteiger partial charge on any atom is -0.405 e. The van der Waals surface area contributed by atoms with Crippen molar-refractivity contribution in [3.05, 3.63) is 69.6 Å². The number of benzene rings is 1. The molecule has 0 bridgehead atoms. The first-order chi connectivity index (χ1) is 14.5. The van der Waals surface area contributed by atoms with Gasteiger partial charge in [-0.2, -0.15) is 0 Å². The molecule has 0 unspecified atom stereocenters. The van der Waals surface area contributed by atoms with E-state index in [1.807, 2.05) is 30.3 Å². The number of thiocarbonyl (C=S) groups is 1. The van der Waals surface area contributed by atoms with Crippen molar-refractivity contribution in [1.82, 2.24) is 20.3 Å². The normalized spacial score (nSPS) is 13.4. The molecule has 0 radical (unpaired) electrons. The van der Waals surface area contributed by atoms with E-state index < -0.39 is 17.4 Å². The van der Waals surface area contributed by atoms with E-state index in [-0.39, 0.29) is 17.9 Å². The number of thioether (sulfide) groups is 1. The number of nitrogens with zero attached hydrogens (tertiary/aromatic N) is 2. The quantitative estimate of drug-likeness (QED) is 0.460. The van der Waals surface area contributed by atoms with Crippen LogP contribution in [0.3, 0.4) is 0 Å². The van der Waals surface area contributed by atoms with E-state index in [0.717, 1.165) is 10.3 Å². The lowest BCUT2D eigenvalue weighted by atomic mass is 10.2. The number of carbonyl (C=O) groups excluding carboxylic acids is 2. The van der Waals surface area contributed by atoms with Gasteiger partial charge < -0.3 is 15.5 Å². The molecule has 1 aliphatic rings. The Balaban J connectivity index is 1.92. The lowest BCUT2D eigenvalue weighted by Gasteiger charge is -2.18. The Hall–Kier alpha value is -2.69. The fraction of sp³-hybridized carbons (Fsp3) is 0.300. The highest BCUT2D eigenvalue weighted by atomic mass is 32.2. The summed E-state index contributed by atoms with van der Waals surface area (Å²) in [5.74, 6) is -0.272. The van der Waals surface area contributed by atoms with Crippen LogP contribution in [0, 0.1) is 0 Å². The van der Waals surface area contributed by atoms with Gasteiger partial charge in [-0.15, -0.1) is 4.73 Å². The third kappa shape index (κ3) is 5.07. The molecule has 2 N–H and O–H groups in total. The number of nitrogens with one attached hydrogen (secondary N) is 2. The molecule has 0 atom stereocenters. The van der Waals surface area contributed by atoms with E-state index in [0.29, 0.717) is 29.7 Å². The van der Waals surface area contributed by atoms with Gasteiger partial charge in [0.2, 0.25) is 0 Å². The topological polar surface area (TPSA) is 92.7 Å². The van der Waals surface area contributed by atoms with E-state index in [1.165, 1.54) is 28.8 Å². The molecule has 0 aliphatic carbocycles. The molecule has 0 saturated carbocycles. The second kappa shape index (κ2) is 10.4. The van der Waals surface area contributed by atoms with Gasteiger partial charge >= 0.3 is 0 Å². The number of rotatable bonds is 8. The van der Waals surface area contributed by atoms with Gasteiger partial charge in [-0.1, -0.05) is 54.3 Å². The molecule has 8 nitrogen and oxygen atoms in total. The molecule has 3 rings (SSSR count). The van der Waals surface area contributed by atoms with Crippen molar-refractivity contribution in [2.75, 3.05) is 32.4 Å². The van der Waals surface area contributed by atoms with Crippen molar-refractivity contribution >= 4 is 40.1 Å². The lowest BCUT2D eigenvalue weighted by Crippen LogP contribution is -2.42. The molecule has 1 aliphatic heterocycles. The first-order valence-electron chi connectivity index (χ1n) is 9.37. The molecule has 1 aromatic heterocycles. The number of carbonyl (C=O) groups is 2. The molecule has 10 heteroatoms. The largest absolute Gasteiger partial charge is 0.405 e. The molecular formula is C20H22N4O4S2. The van der Waals surface area contributed by atoms with Crippen molar-refractivity contribution in [1.29, 1.82) is 0 Å². The molecular weight excluding hydrogens is 424 g/mol. The Morgan fingerprint density at radius 2 is 1.93 bits per heavy atom. The SMILES string of the molecule is CNCCNC(=O)c1ccc(C(=O)N2CCSC2=S)c(=O)n1OCc1ccccc1. The monoisotopic (exact) mass is 446 g/mol. The highest BCUT2D eigenvalue weighted by molar-refractivity contribution is 8.23. The first-order valence-corrected chi connectivity index (χ1v) is 10.8. The average Bonchev–Trinajstić information content (AvgIpc) is 3.19.